The summed E-state index contributed by atoms with van der Waals surface area (Å²) in [5.41, 5.74) is -2.46. The van der Waals surface area contributed by atoms with E-state index in [9.17, 15) is 19.8 Å². The Kier molecular flexibility index (Phi) is 6.04. The molecule has 0 spiro atoms. The second-order valence-electron chi connectivity index (χ2n) is 6.57. The van der Waals surface area contributed by atoms with E-state index in [0.29, 0.717) is 19.3 Å². The first-order chi connectivity index (χ1) is 8.53. The monoisotopic (exact) mass is 272 g/mol. The van der Waals surface area contributed by atoms with Crippen LogP contribution in [0.25, 0.3) is 0 Å². The zero-order valence-electron chi connectivity index (χ0n) is 13.0. The molecule has 2 N–H and O–H groups in total. The van der Waals surface area contributed by atoms with E-state index in [-0.39, 0.29) is 11.8 Å². The van der Waals surface area contributed by atoms with Crippen LogP contribution in [0.2, 0.25) is 0 Å². The second-order valence-corrected chi connectivity index (χ2v) is 6.57. The normalized spacial score (nSPS) is 15.6. The van der Waals surface area contributed by atoms with Gasteiger partial charge in [-0.25, -0.2) is 0 Å². The first kappa shape index (κ1) is 17.9. The summed E-state index contributed by atoms with van der Waals surface area (Å²) >= 11 is 0. The second kappa shape index (κ2) is 6.40. The van der Waals surface area contributed by atoms with Gasteiger partial charge in [0.05, 0.1) is 10.8 Å². The van der Waals surface area contributed by atoms with Crippen LogP contribution in [0.15, 0.2) is 0 Å². The Morgan fingerprint density at radius 1 is 0.947 bits per heavy atom. The van der Waals surface area contributed by atoms with Gasteiger partial charge in [0.15, 0.2) is 0 Å². The molecule has 0 rings (SSSR count). The van der Waals surface area contributed by atoms with Crippen LogP contribution in [0.4, 0.5) is 0 Å². The summed E-state index contributed by atoms with van der Waals surface area (Å²) in [4.78, 5) is 23.6. The molecule has 0 bridgehead atoms. The van der Waals surface area contributed by atoms with Crippen molar-refractivity contribution in [2.75, 3.05) is 0 Å². The Labute approximate surface area is 116 Å². The van der Waals surface area contributed by atoms with Crippen LogP contribution in [-0.2, 0) is 9.59 Å². The number of carboxylic acid groups (broad SMARTS) is 2. The zero-order chi connectivity index (χ0) is 15.4. The fourth-order valence-corrected chi connectivity index (χ4v) is 3.03. The summed E-state index contributed by atoms with van der Waals surface area (Å²) in [7, 11) is 0. The molecule has 0 aromatic heterocycles. The Balaban J connectivity index is 5.94. The SMILES string of the molecule is CCC(C)(C(=O)O)C(CC(C)C)(CC(C)C)C(=O)O. The smallest absolute Gasteiger partial charge is 0.310 e. The molecule has 0 saturated carbocycles. The highest BCUT2D eigenvalue weighted by molar-refractivity contribution is 5.86. The number of carboxylic acids is 2. The van der Waals surface area contributed by atoms with Crippen molar-refractivity contribution in [1.29, 1.82) is 0 Å². The van der Waals surface area contributed by atoms with E-state index in [1.165, 1.54) is 0 Å². The maximum atomic E-state index is 11.9. The molecular weight excluding hydrogens is 244 g/mol. The summed E-state index contributed by atoms with van der Waals surface area (Å²) in [6.07, 6.45) is 1.09. The standard InChI is InChI=1S/C15H28O4/c1-7-14(6,12(16)17)15(13(18)19,8-10(2)3)9-11(4)5/h10-11H,7-9H2,1-6H3,(H,16,17)(H,18,19). The number of hydrogen-bond donors (Lipinski definition) is 2. The van der Waals surface area contributed by atoms with Crippen molar-refractivity contribution in [2.45, 2.75) is 60.8 Å². The van der Waals surface area contributed by atoms with Crippen LogP contribution < -0.4 is 0 Å². The van der Waals surface area contributed by atoms with Gasteiger partial charge in [-0.05, 0) is 38.0 Å². The molecule has 112 valence electrons. The van der Waals surface area contributed by atoms with Crippen molar-refractivity contribution in [3.05, 3.63) is 0 Å². The van der Waals surface area contributed by atoms with E-state index in [1.807, 2.05) is 27.7 Å². The lowest BCUT2D eigenvalue weighted by molar-refractivity contribution is -0.177. The van der Waals surface area contributed by atoms with Gasteiger partial charge in [-0.15, -0.1) is 0 Å². The summed E-state index contributed by atoms with van der Waals surface area (Å²) in [5.74, 6) is -1.72. The van der Waals surface area contributed by atoms with Gasteiger partial charge in [0, 0.05) is 0 Å². The van der Waals surface area contributed by atoms with Gasteiger partial charge in [0.25, 0.3) is 0 Å². The Bertz CT molecular complexity index is 323. The molecule has 4 nitrogen and oxygen atoms in total. The molecule has 19 heavy (non-hydrogen) atoms. The molecule has 0 amide bonds. The van der Waals surface area contributed by atoms with Gasteiger partial charge in [-0.2, -0.15) is 0 Å². The average Bonchev–Trinajstić information content (AvgIpc) is 2.24. The molecule has 1 unspecified atom stereocenters. The summed E-state index contributed by atoms with van der Waals surface area (Å²) in [6, 6.07) is 0. The molecule has 0 aromatic rings. The molecule has 0 heterocycles. The largest absolute Gasteiger partial charge is 0.481 e. The van der Waals surface area contributed by atoms with Gasteiger partial charge in [0.2, 0.25) is 0 Å². The van der Waals surface area contributed by atoms with Crippen LogP contribution in [0.1, 0.15) is 60.8 Å². The number of carbonyl (C=O) groups is 2. The van der Waals surface area contributed by atoms with Gasteiger partial charge in [0.1, 0.15) is 0 Å². The number of aliphatic carboxylic acids is 2. The van der Waals surface area contributed by atoms with Crippen LogP contribution >= 0.6 is 0 Å². The summed E-state index contributed by atoms with van der Waals surface area (Å²) < 4.78 is 0. The fourth-order valence-electron chi connectivity index (χ4n) is 3.03. The number of rotatable bonds is 8. The Morgan fingerprint density at radius 2 is 1.32 bits per heavy atom. The number of hydrogen-bond acceptors (Lipinski definition) is 2. The highest BCUT2D eigenvalue weighted by atomic mass is 16.4. The van der Waals surface area contributed by atoms with E-state index in [0.717, 1.165) is 0 Å². The van der Waals surface area contributed by atoms with Crippen LogP contribution in [0.3, 0.4) is 0 Å². The van der Waals surface area contributed by atoms with Crippen LogP contribution in [0.5, 0.6) is 0 Å². The van der Waals surface area contributed by atoms with Gasteiger partial charge < -0.3 is 10.2 Å². The quantitative estimate of drug-likeness (QED) is 0.707. The lowest BCUT2D eigenvalue weighted by Gasteiger charge is -2.44. The minimum atomic E-state index is -1.24. The van der Waals surface area contributed by atoms with Crippen LogP contribution in [-0.4, -0.2) is 22.2 Å². The van der Waals surface area contributed by atoms with Gasteiger partial charge >= 0.3 is 11.9 Å². The predicted molar refractivity (Wildman–Crippen MR) is 75.0 cm³/mol. The molecular formula is C15H28O4. The first-order valence-electron chi connectivity index (χ1n) is 7.00. The zero-order valence-corrected chi connectivity index (χ0v) is 13.0. The molecule has 0 aliphatic carbocycles. The van der Waals surface area contributed by atoms with Crippen molar-refractivity contribution in [3.8, 4) is 0 Å². The highest BCUT2D eigenvalue weighted by Crippen LogP contribution is 2.51. The van der Waals surface area contributed by atoms with E-state index in [1.54, 1.807) is 13.8 Å². The van der Waals surface area contributed by atoms with E-state index in [2.05, 4.69) is 0 Å². The molecule has 1 atom stereocenters. The van der Waals surface area contributed by atoms with Crippen LogP contribution in [0, 0.1) is 22.7 Å². The van der Waals surface area contributed by atoms with Crippen molar-refractivity contribution in [3.63, 3.8) is 0 Å². The molecule has 4 heteroatoms. The maximum absolute atomic E-state index is 11.9. The van der Waals surface area contributed by atoms with Crippen molar-refractivity contribution in [2.24, 2.45) is 22.7 Å². The molecule has 0 fully saturated rings. The predicted octanol–water partition coefficient (Wildman–Crippen LogP) is 3.65. The third-order valence-electron chi connectivity index (χ3n) is 4.16. The first-order valence-corrected chi connectivity index (χ1v) is 7.00. The van der Waals surface area contributed by atoms with Gasteiger partial charge in [-0.3, -0.25) is 9.59 Å². The minimum Gasteiger partial charge on any atom is -0.481 e. The Hall–Kier alpha value is -1.06. The molecule has 0 aliphatic rings. The van der Waals surface area contributed by atoms with Gasteiger partial charge in [-0.1, -0.05) is 34.6 Å². The fraction of sp³-hybridized carbons (Fsp3) is 0.867. The lowest BCUT2D eigenvalue weighted by Crippen LogP contribution is -2.52. The molecule has 0 aliphatic heterocycles. The molecule has 0 radical (unpaired) electrons. The van der Waals surface area contributed by atoms with E-state index in [4.69, 9.17) is 0 Å². The van der Waals surface area contributed by atoms with E-state index < -0.39 is 22.8 Å². The Morgan fingerprint density at radius 3 is 1.47 bits per heavy atom. The average molecular weight is 272 g/mol. The third-order valence-corrected chi connectivity index (χ3v) is 4.16. The lowest BCUT2D eigenvalue weighted by atomic mass is 9.56. The summed E-state index contributed by atoms with van der Waals surface area (Å²) in [5, 5.41) is 19.4. The third kappa shape index (κ3) is 3.48. The van der Waals surface area contributed by atoms with Crippen molar-refractivity contribution in [1.82, 2.24) is 0 Å². The highest BCUT2D eigenvalue weighted by Gasteiger charge is 2.57. The minimum absolute atomic E-state index is 0.139. The molecule has 0 aromatic carbocycles. The van der Waals surface area contributed by atoms with E-state index >= 15 is 0 Å². The molecule has 0 saturated heterocycles. The maximum Gasteiger partial charge on any atom is 0.310 e. The van der Waals surface area contributed by atoms with Crippen molar-refractivity contribution < 1.29 is 19.8 Å². The summed E-state index contributed by atoms with van der Waals surface area (Å²) in [6.45, 7) is 11.1. The van der Waals surface area contributed by atoms with Crippen molar-refractivity contribution >= 4 is 11.9 Å². The topological polar surface area (TPSA) is 74.6 Å².